The predicted octanol–water partition coefficient (Wildman–Crippen LogP) is 0.674. The van der Waals surface area contributed by atoms with Crippen LogP contribution in [0.5, 0.6) is 11.8 Å². The highest BCUT2D eigenvalue weighted by atomic mass is 16.5. The molecule has 0 bridgehead atoms. The van der Waals surface area contributed by atoms with Gasteiger partial charge in [0.15, 0.2) is 5.56 Å². The maximum Gasteiger partial charge on any atom is 0.238 e. The van der Waals surface area contributed by atoms with E-state index in [4.69, 9.17) is 14.7 Å². The van der Waals surface area contributed by atoms with Crippen LogP contribution in [0.2, 0.25) is 0 Å². The molecule has 0 fully saturated rings. The smallest absolute Gasteiger partial charge is 0.238 e. The van der Waals surface area contributed by atoms with Crippen molar-refractivity contribution in [2.24, 2.45) is 0 Å². The highest BCUT2D eigenvalue weighted by molar-refractivity contribution is 5.45. The van der Waals surface area contributed by atoms with Gasteiger partial charge in [-0.25, -0.2) is 0 Å². The Labute approximate surface area is 76.0 Å². The molecular weight excluding hydrogens is 170 g/mol. The molecule has 1 heterocycles. The number of rotatable bonds is 2. The van der Waals surface area contributed by atoms with Crippen molar-refractivity contribution in [1.29, 1.82) is 5.26 Å². The summed E-state index contributed by atoms with van der Waals surface area (Å²) in [6, 6.07) is 1.92. The molecule has 5 heteroatoms. The van der Waals surface area contributed by atoms with E-state index >= 15 is 0 Å². The van der Waals surface area contributed by atoms with E-state index < -0.39 is 0 Å². The Kier molecular flexibility index (Phi) is 2.65. The van der Waals surface area contributed by atoms with Gasteiger partial charge in [0.25, 0.3) is 0 Å². The lowest BCUT2D eigenvalue weighted by molar-refractivity contribution is 0.367. The van der Waals surface area contributed by atoms with Gasteiger partial charge in [-0.15, -0.1) is 0 Å². The molecule has 1 aromatic rings. The zero-order valence-electron chi connectivity index (χ0n) is 7.66. The number of ether oxygens (including phenoxy) is 2. The number of aromatic nitrogens is 2. The average Bonchev–Trinajstić information content (AvgIpc) is 2.16. The number of hydrogen-bond donors (Lipinski definition) is 0. The quantitative estimate of drug-likeness (QED) is 0.667. The van der Waals surface area contributed by atoms with Gasteiger partial charge >= 0.3 is 0 Å². The molecule has 0 saturated carbocycles. The first-order valence-corrected chi connectivity index (χ1v) is 3.59. The molecule has 0 unspecified atom stereocenters. The van der Waals surface area contributed by atoms with E-state index in [1.165, 1.54) is 14.2 Å². The lowest BCUT2D eigenvalue weighted by Crippen LogP contribution is -2.01. The van der Waals surface area contributed by atoms with Crippen molar-refractivity contribution in [1.82, 2.24) is 9.97 Å². The Morgan fingerprint density at radius 2 is 1.62 bits per heavy atom. The third-order valence-corrected chi connectivity index (χ3v) is 1.45. The van der Waals surface area contributed by atoms with Gasteiger partial charge in [-0.05, 0) is 6.92 Å². The third kappa shape index (κ3) is 1.67. The first-order valence-electron chi connectivity index (χ1n) is 3.59. The van der Waals surface area contributed by atoms with Gasteiger partial charge in [-0.3, -0.25) is 0 Å². The molecule has 0 atom stereocenters. The number of aryl methyl sites for hydroxylation is 1. The van der Waals surface area contributed by atoms with Crippen molar-refractivity contribution in [3.63, 3.8) is 0 Å². The van der Waals surface area contributed by atoms with Crippen LogP contribution in [0.15, 0.2) is 0 Å². The van der Waals surface area contributed by atoms with Crippen molar-refractivity contribution in [2.45, 2.75) is 6.92 Å². The molecular formula is C8H9N3O2. The maximum atomic E-state index is 8.76. The molecule has 0 spiro atoms. The van der Waals surface area contributed by atoms with Crippen LogP contribution in [-0.4, -0.2) is 24.2 Å². The van der Waals surface area contributed by atoms with Crippen molar-refractivity contribution in [3.05, 3.63) is 11.4 Å². The first-order chi connectivity index (χ1) is 6.22. The van der Waals surface area contributed by atoms with Crippen molar-refractivity contribution < 1.29 is 9.47 Å². The topological polar surface area (TPSA) is 68.0 Å². The Morgan fingerprint density at radius 3 is 1.92 bits per heavy atom. The van der Waals surface area contributed by atoms with Crippen LogP contribution in [0.1, 0.15) is 11.4 Å². The second-order valence-electron chi connectivity index (χ2n) is 2.28. The summed E-state index contributed by atoms with van der Waals surface area (Å²) in [5.74, 6) is 0.992. The summed E-state index contributed by atoms with van der Waals surface area (Å²) < 4.78 is 9.81. The number of methoxy groups -OCH3 is 2. The van der Waals surface area contributed by atoms with E-state index in [1.54, 1.807) is 6.92 Å². The maximum absolute atomic E-state index is 8.76. The van der Waals surface area contributed by atoms with Crippen LogP contribution in [-0.2, 0) is 0 Å². The van der Waals surface area contributed by atoms with E-state index in [0.29, 0.717) is 5.82 Å². The lowest BCUT2D eigenvalue weighted by atomic mass is 10.3. The minimum atomic E-state index is 0.218. The zero-order chi connectivity index (χ0) is 9.84. The van der Waals surface area contributed by atoms with Crippen LogP contribution in [0.4, 0.5) is 0 Å². The second-order valence-corrected chi connectivity index (χ2v) is 2.28. The molecule has 1 rings (SSSR count). The molecule has 0 N–H and O–H groups in total. The van der Waals surface area contributed by atoms with E-state index in [-0.39, 0.29) is 17.3 Å². The summed E-state index contributed by atoms with van der Waals surface area (Å²) >= 11 is 0. The van der Waals surface area contributed by atoms with Gasteiger partial charge in [-0.2, -0.15) is 15.2 Å². The summed E-state index contributed by atoms with van der Waals surface area (Å²) in [6.07, 6.45) is 0. The van der Waals surface area contributed by atoms with Crippen LogP contribution in [0.3, 0.4) is 0 Å². The van der Waals surface area contributed by atoms with Gasteiger partial charge in [0.1, 0.15) is 11.9 Å². The van der Waals surface area contributed by atoms with E-state index in [2.05, 4.69) is 9.97 Å². The molecule has 0 saturated heterocycles. The van der Waals surface area contributed by atoms with E-state index in [0.717, 1.165) is 0 Å². The Morgan fingerprint density at radius 1 is 1.15 bits per heavy atom. The summed E-state index contributed by atoms with van der Waals surface area (Å²) in [5, 5.41) is 8.76. The van der Waals surface area contributed by atoms with Gasteiger partial charge in [-0.1, -0.05) is 0 Å². The van der Waals surface area contributed by atoms with Gasteiger partial charge in [0.05, 0.1) is 14.2 Å². The summed E-state index contributed by atoms with van der Waals surface area (Å²) in [5.41, 5.74) is 0.218. The van der Waals surface area contributed by atoms with E-state index in [9.17, 15) is 0 Å². The first kappa shape index (κ1) is 9.26. The summed E-state index contributed by atoms with van der Waals surface area (Å²) in [4.78, 5) is 7.87. The zero-order valence-corrected chi connectivity index (χ0v) is 7.66. The normalized spacial score (nSPS) is 9.08. The lowest BCUT2D eigenvalue weighted by Gasteiger charge is -2.05. The van der Waals surface area contributed by atoms with Gasteiger partial charge in [0.2, 0.25) is 11.8 Å². The minimum absolute atomic E-state index is 0.218. The monoisotopic (exact) mass is 179 g/mol. The summed E-state index contributed by atoms with van der Waals surface area (Å²) in [6.45, 7) is 1.70. The SMILES string of the molecule is COc1nc(C)nc(OC)c1C#N. The van der Waals surface area contributed by atoms with Crippen LogP contribution in [0.25, 0.3) is 0 Å². The molecule has 0 amide bonds. The molecule has 13 heavy (non-hydrogen) atoms. The van der Waals surface area contributed by atoms with Gasteiger partial charge in [0, 0.05) is 0 Å². The number of nitrogens with zero attached hydrogens (tertiary/aromatic N) is 3. The molecule has 0 aliphatic heterocycles. The largest absolute Gasteiger partial charge is 0.480 e. The predicted molar refractivity (Wildman–Crippen MR) is 44.6 cm³/mol. The summed E-state index contributed by atoms with van der Waals surface area (Å²) in [7, 11) is 2.89. The fraction of sp³-hybridized carbons (Fsp3) is 0.375. The van der Waals surface area contributed by atoms with Crippen molar-refractivity contribution in [2.75, 3.05) is 14.2 Å². The molecule has 5 nitrogen and oxygen atoms in total. The Bertz CT molecular complexity index is 332. The number of hydrogen-bond acceptors (Lipinski definition) is 5. The van der Waals surface area contributed by atoms with Crippen LogP contribution in [0, 0.1) is 18.3 Å². The highest BCUT2D eigenvalue weighted by Crippen LogP contribution is 2.22. The van der Waals surface area contributed by atoms with Crippen molar-refractivity contribution >= 4 is 0 Å². The second kappa shape index (κ2) is 3.72. The highest BCUT2D eigenvalue weighted by Gasteiger charge is 2.13. The van der Waals surface area contributed by atoms with E-state index in [1.807, 2.05) is 6.07 Å². The Balaban J connectivity index is 3.36. The molecule has 0 aliphatic carbocycles. The minimum Gasteiger partial charge on any atom is -0.480 e. The third-order valence-electron chi connectivity index (χ3n) is 1.45. The molecule has 1 aromatic heterocycles. The van der Waals surface area contributed by atoms with Crippen molar-refractivity contribution in [3.8, 4) is 17.8 Å². The molecule has 0 aliphatic rings. The van der Waals surface area contributed by atoms with Crippen LogP contribution >= 0.6 is 0 Å². The average molecular weight is 179 g/mol. The molecule has 0 aromatic carbocycles. The standard InChI is InChI=1S/C8H9N3O2/c1-5-10-7(12-2)6(4-9)8(11-5)13-3/h1-3H3. The number of nitriles is 1. The molecule has 68 valence electrons. The van der Waals surface area contributed by atoms with Gasteiger partial charge < -0.3 is 9.47 Å². The fourth-order valence-electron chi connectivity index (χ4n) is 0.913. The Hall–Kier alpha value is -1.83. The fourth-order valence-corrected chi connectivity index (χ4v) is 0.913. The van der Waals surface area contributed by atoms with Crippen LogP contribution < -0.4 is 9.47 Å². The molecule has 0 radical (unpaired) electrons.